The molecule has 34 heavy (non-hydrogen) atoms. The number of imidazole rings is 1. The zero-order valence-electron chi connectivity index (χ0n) is 18.1. The van der Waals surface area contributed by atoms with Crippen LogP contribution >= 0.6 is 0 Å². The first-order chi connectivity index (χ1) is 16.2. The smallest absolute Gasteiger partial charge is 0.326 e. The number of aromatic amines is 1. The van der Waals surface area contributed by atoms with E-state index >= 15 is 0 Å². The van der Waals surface area contributed by atoms with Gasteiger partial charge < -0.3 is 36.9 Å². The number of carbonyl (C=O) groups excluding carboxylic acids is 3. The summed E-state index contributed by atoms with van der Waals surface area (Å²) in [6.45, 7) is -0.471. The molecule has 1 aromatic carbocycles. The molecule has 8 N–H and O–H groups in total. The summed E-state index contributed by atoms with van der Waals surface area (Å²) in [5.41, 5.74) is 6.35. The Hall–Kier alpha value is -4.26. The van der Waals surface area contributed by atoms with Gasteiger partial charge in [0.25, 0.3) is 0 Å². The summed E-state index contributed by atoms with van der Waals surface area (Å²) in [7, 11) is 0. The highest BCUT2D eigenvalue weighted by Gasteiger charge is 2.31. The molecular weight excluding hydrogens is 448 g/mol. The van der Waals surface area contributed by atoms with Crippen molar-refractivity contribution in [2.75, 3.05) is 6.54 Å². The number of nitrogens with one attached hydrogen (secondary N) is 4. The maximum Gasteiger partial charge on any atom is 0.326 e. The Kier molecular flexibility index (Phi) is 9.71. The van der Waals surface area contributed by atoms with E-state index in [0.717, 1.165) is 0 Å². The van der Waals surface area contributed by atoms with Crippen LogP contribution in [0.25, 0.3) is 0 Å². The van der Waals surface area contributed by atoms with Crippen LogP contribution in [0.15, 0.2) is 42.9 Å². The third-order valence-corrected chi connectivity index (χ3v) is 4.72. The van der Waals surface area contributed by atoms with Crippen LogP contribution < -0.4 is 21.7 Å². The summed E-state index contributed by atoms with van der Waals surface area (Å²) < 4.78 is 0. The average Bonchev–Trinajstić information content (AvgIpc) is 3.31. The van der Waals surface area contributed by atoms with Crippen molar-refractivity contribution >= 4 is 29.7 Å². The van der Waals surface area contributed by atoms with E-state index in [1.165, 1.54) is 12.5 Å². The van der Waals surface area contributed by atoms with Gasteiger partial charge >= 0.3 is 11.9 Å². The van der Waals surface area contributed by atoms with Crippen LogP contribution in [0.4, 0.5) is 0 Å². The number of carboxylic acids is 2. The van der Waals surface area contributed by atoms with Crippen molar-refractivity contribution in [1.29, 1.82) is 0 Å². The first-order valence-electron chi connectivity index (χ1n) is 10.3. The molecule has 0 spiro atoms. The van der Waals surface area contributed by atoms with Gasteiger partial charge in [-0.2, -0.15) is 0 Å². The highest BCUT2D eigenvalue weighted by atomic mass is 16.4. The van der Waals surface area contributed by atoms with Gasteiger partial charge in [-0.15, -0.1) is 0 Å². The molecule has 0 saturated heterocycles. The molecule has 2 aromatic rings. The van der Waals surface area contributed by atoms with Crippen molar-refractivity contribution in [3.63, 3.8) is 0 Å². The molecule has 0 fully saturated rings. The van der Waals surface area contributed by atoms with Crippen molar-refractivity contribution in [3.05, 3.63) is 54.1 Å². The minimum atomic E-state index is -1.50. The van der Waals surface area contributed by atoms with Gasteiger partial charge in [-0.05, 0) is 5.56 Å². The molecule has 3 amide bonds. The molecule has 13 nitrogen and oxygen atoms in total. The standard InChI is InChI=1S/C21H26N6O7/c22-9-17(28)25-15(8-18(29)30)20(32)26-14(7-13-10-23-11-24-13)19(31)27-16(21(33)34)6-12-4-2-1-3-5-12/h1-5,10-11,14-16H,6-9,22H2,(H,23,24)(H,25,28)(H,26,32)(H,27,31)(H,29,30)(H,33,34). The second kappa shape index (κ2) is 12.7. The van der Waals surface area contributed by atoms with Crippen molar-refractivity contribution in [1.82, 2.24) is 25.9 Å². The van der Waals surface area contributed by atoms with Gasteiger partial charge in [0.15, 0.2) is 0 Å². The Morgan fingerprint density at radius 2 is 1.56 bits per heavy atom. The summed E-state index contributed by atoms with van der Waals surface area (Å²) in [5, 5.41) is 25.6. The molecule has 1 aromatic heterocycles. The van der Waals surface area contributed by atoms with Crippen LogP contribution in [-0.4, -0.2) is 74.5 Å². The molecule has 0 bridgehead atoms. The maximum absolute atomic E-state index is 13.0. The first-order valence-corrected chi connectivity index (χ1v) is 10.3. The van der Waals surface area contributed by atoms with Crippen molar-refractivity contribution in [3.8, 4) is 0 Å². The lowest BCUT2D eigenvalue weighted by molar-refractivity contribution is -0.143. The number of hydrogen-bond donors (Lipinski definition) is 7. The molecule has 3 unspecified atom stereocenters. The zero-order chi connectivity index (χ0) is 25.1. The van der Waals surface area contributed by atoms with E-state index in [9.17, 15) is 29.1 Å². The van der Waals surface area contributed by atoms with E-state index in [0.29, 0.717) is 11.3 Å². The number of aliphatic carboxylic acids is 2. The fourth-order valence-corrected chi connectivity index (χ4v) is 3.06. The number of nitrogens with two attached hydrogens (primary N) is 1. The third kappa shape index (κ3) is 8.35. The van der Waals surface area contributed by atoms with Crippen LogP contribution in [0.1, 0.15) is 17.7 Å². The lowest BCUT2D eigenvalue weighted by Crippen LogP contribution is -2.57. The van der Waals surface area contributed by atoms with Crippen LogP contribution in [0.5, 0.6) is 0 Å². The van der Waals surface area contributed by atoms with Crippen LogP contribution in [0, 0.1) is 0 Å². The molecule has 0 aliphatic rings. The maximum atomic E-state index is 13.0. The highest BCUT2D eigenvalue weighted by Crippen LogP contribution is 2.06. The van der Waals surface area contributed by atoms with Gasteiger partial charge in [0.2, 0.25) is 17.7 Å². The quantitative estimate of drug-likeness (QED) is 0.173. The normalized spacial score (nSPS) is 13.2. The third-order valence-electron chi connectivity index (χ3n) is 4.72. The predicted octanol–water partition coefficient (Wildman–Crippen LogP) is -1.83. The fourth-order valence-electron chi connectivity index (χ4n) is 3.06. The van der Waals surface area contributed by atoms with E-state index in [1.54, 1.807) is 30.3 Å². The van der Waals surface area contributed by atoms with Crippen molar-refractivity contribution < 1.29 is 34.2 Å². The van der Waals surface area contributed by atoms with Gasteiger partial charge in [0.05, 0.1) is 19.3 Å². The van der Waals surface area contributed by atoms with Crippen LogP contribution in [0.3, 0.4) is 0 Å². The summed E-state index contributed by atoms with van der Waals surface area (Å²) in [6, 6.07) is 4.57. The number of benzene rings is 1. The monoisotopic (exact) mass is 474 g/mol. The van der Waals surface area contributed by atoms with E-state index in [2.05, 4.69) is 25.9 Å². The second-order valence-electron chi connectivity index (χ2n) is 7.35. The first kappa shape index (κ1) is 26.0. The Morgan fingerprint density at radius 3 is 2.12 bits per heavy atom. The Balaban J connectivity index is 2.19. The molecule has 0 saturated carbocycles. The number of nitrogens with zero attached hydrogens (tertiary/aromatic N) is 1. The number of rotatable bonds is 13. The predicted molar refractivity (Wildman–Crippen MR) is 117 cm³/mol. The Morgan fingerprint density at radius 1 is 0.912 bits per heavy atom. The topological polar surface area (TPSA) is 217 Å². The van der Waals surface area contributed by atoms with E-state index in [4.69, 9.17) is 10.8 Å². The minimum Gasteiger partial charge on any atom is -0.481 e. The SMILES string of the molecule is NCC(=O)NC(CC(=O)O)C(=O)NC(Cc1cnc[nH]1)C(=O)NC(Cc1ccccc1)C(=O)O. The summed E-state index contributed by atoms with van der Waals surface area (Å²) in [6.07, 6.45) is 1.93. The molecule has 182 valence electrons. The Bertz CT molecular complexity index is 996. The largest absolute Gasteiger partial charge is 0.481 e. The molecule has 0 radical (unpaired) electrons. The van der Waals surface area contributed by atoms with Crippen molar-refractivity contribution in [2.45, 2.75) is 37.4 Å². The average molecular weight is 474 g/mol. The summed E-state index contributed by atoms with van der Waals surface area (Å²) in [4.78, 5) is 66.8. The van der Waals surface area contributed by atoms with Gasteiger partial charge in [-0.1, -0.05) is 30.3 Å². The number of hydrogen-bond acceptors (Lipinski definition) is 7. The van der Waals surface area contributed by atoms with Gasteiger partial charge in [-0.25, -0.2) is 9.78 Å². The number of amides is 3. The van der Waals surface area contributed by atoms with E-state index in [1.807, 2.05) is 0 Å². The van der Waals surface area contributed by atoms with Crippen LogP contribution in [-0.2, 0) is 36.8 Å². The lowest BCUT2D eigenvalue weighted by atomic mass is 10.0. The zero-order valence-corrected chi connectivity index (χ0v) is 18.1. The summed E-state index contributed by atoms with van der Waals surface area (Å²) in [5.74, 6) is -5.15. The van der Waals surface area contributed by atoms with Gasteiger partial charge in [-0.3, -0.25) is 19.2 Å². The van der Waals surface area contributed by atoms with E-state index < -0.39 is 60.8 Å². The second-order valence-corrected chi connectivity index (χ2v) is 7.35. The molecule has 3 atom stereocenters. The minimum absolute atomic E-state index is 0.000827. The number of carbonyl (C=O) groups is 5. The molecule has 0 aliphatic heterocycles. The molecule has 0 aliphatic carbocycles. The number of carboxylic acid groups (broad SMARTS) is 2. The molecule has 13 heteroatoms. The number of H-pyrrole nitrogens is 1. The Labute approximate surface area is 194 Å². The lowest BCUT2D eigenvalue weighted by Gasteiger charge is -2.24. The fraction of sp³-hybridized carbons (Fsp3) is 0.333. The number of aromatic nitrogens is 2. The molecular formula is C21H26N6O7. The van der Waals surface area contributed by atoms with E-state index in [-0.39, 0.29) is 12.8 Å². The van der Waals surface area contributed by atoms with Gasteiger partial charge in [0, 0.05) is 24.7 Å². The molecule has 1 heterocycles. The molecule has 2 rings (SSSR count). The summed E-state index contributed by atoms with van der Waals surface area (Å²) >= 11 is 0. The van der Waals surface area contributed by atoms with Gasteiger partial charge in [0.1, 0.15) is 18.1 Å². The van der Waals surface area contributed by atoms with Crippen LogP contribution in [0.2, 0.25) is 0 Å². The van der Waals surface area contributed by atoms with Crippen molar-refractivity contribution in [2.24, 2.45) is 5.73 Å². The highest BCUT2D eigenvalue weighted by molar-refractivity contribution is 5.95.